The second kappa shape index (κ2) is 7.98. The average molecular weight is 381 g/mol. The molecule has 0 aromatic heterocycles. The third-order valence-corrected chi connectivity index (χ3v) is 4.24. The summed E-state index contributed by atoms with van der Waals surface area (Å²) in [6.45, 7) is 0.0441. The number of fused-ring (bicyclic) bond motifs is 1. The van der Waals surface area contributed by atoms with E-state index in [4.69, 9.17) is 22.8 Å². The highest BCUT2D eigenvalue weighted by atomic mass is 35.5. The van der Waals surface area contributed by atoms with Crippen molar-refractivity contribution in [3.8, 4) is 18.1 Å². The summed E-state index contributed by atoms with van der Waals surface area (Å²) in [6.07, 6.45) is 7.09. The summed E-state index contributed by atoms with van der Waals surface area (Å²) in [6, 6.07) is 12.2. The number of ether oxygens (including phenoxy) is 1. The minimum absolute atomic E-state index is 0.0984. The molecule has 1 N–H and O–H groups in total. The molecule has 2 amide bonds. The maximum Gasteiger partial charge on any atom is 0.253 e. The lowest BCUT2D eigenvalue weighted by Crippen LogP contribution is -2.37. The molecule has 2 aromatic rings. The molecule has 6 heteroatoms. The molecule has 0 spiro atoms. The second-order valence-corrected chi connectivity index (χ2v) is 6.51. The van der Waals surface area contributed by atoms with Crippen LogP contribution in [0.5, 0.6) is 5.75 Å². The standard InChI is InChI=1S/C21H17ClN2O3/c1-3-14-5-4-6-18(9-14)23-20(25)12-24(2)21(26)16-10-15-11-17(22)7-8-19(15)27-13-16/h1,4-11H,12-13H2,2H3,(H,23,25). The van der Waals surface area contributed by atoms with Crippen molar-refractivity contribution < 1.29 is 14.3 Å². The van der Waals surface area contributed by atoms with Crippen LogP contribution in [0, 0.1) is 12.3 Å². The molecule has 2 aromatic carbocycles. The van der Waals surface area contributed by atoms with Gasteiger partial charge in [0.25, 0.3) is 5.91 Å². The van der Waals surface area contributed by atoms with Gasteiger partial charge in [0.1, 0.15) is 12.4 Å². The largest absolute Gasteiger partial charge is 0.488 e. The van der Waals surface area contributed by atoms with Gasteiger partial charge in [-0.2, -0.15) is 0 Å². The summed E-state index contributed by atoms with van der Waals surface area (Å²) in [4.78, 5) is 26.2. The summed E-state index contributed by atoms with van der Waals surface area (Å²) < 4.78 is 5.59. The minimum atomic E-state index is -0.319. The van der Waals surface area contributed by atoms with Crippen LogP contribution in [0.2, 0.25) is 5.02 Å². The zero-order chi connectivity index (χ0) is 19.4. The zero-order valence-electron chi connectivity index (χ0n) is 14.7. The van der Waals surface area contributed by atoms with Crippen molar-refractivity contribution in [3.05, 3.63) is 64.2 Å². The Morgan fingerprint density at radius 1 is 1.30 bits per heavy atom. The van der Waals surface area contributed by atoms with Crippen LogP contribution in [0.25, 0.3) is 6.08 Å². The maximum atomic E-state index is 12.6. The van der Waals surface area contributed by atoms with Crippen molar-refractivity contribution in [1.29, 1.82) is 0 Å². The van der Waals surface area contributed by atoms with Crippen LogP contribution in [0.3, 0.4) is 0 Å². The van der Waals surface area contributed by atoms with E-state index in [0.29, 0.717) is 27.6 Å². The molecular weight excluding hydrogens is 364 g/mol. The number of hydrogen-bond acceptors (Lipinski definition) is 3. The van der Waals surface area contributed by atoms with Gasteiger partial charge < -0.3 is 15.0 Å². The molecule has 0 fully saturated rings. The Bertz CT molecular complexity index is 976. The van der Waals surface area contributed by atoms with Crippen LogP contribution in [0.15, 0.2) is 48.0 Å². The number of carbonyl (C=O) groups excluding carboxylic acids is 2. The topological polar surface area (TPSA) is 58.6 Å². The highest BCUT2D eigenvalue weighted by molar-refractivity contribution is 6.30. The van der Waals surface area contributed by atoms with Crippen molar-refractivity contribution in [3.63, 3.8) is 0 Å². The SMILES string of the molecule is C#Cc1cccc(NC(=O)CN(C)C(=O)C2=Cc3cc(Cl)ccc3OC2)c1. The molecule has 5 nitrogen and oxygen atoms in total. The molecule has 1 aliphatic heterocycles. The molecule has 0 atom stereocenters. The molecule has 0 saturated carbocycles. The van der Waals surface area contributed by atoms with Crippen LogP contribution < -0.4 is 10.1 Å². The molecule has 0 saturated heterocycles. The Kier molecular flexibility index (Phi) is 5.49. The second-order valence-electron chi connectivity index (χ2n) is 6.07. The number of likely N-dealkylation sites (N-methyl/N-ethyl adjacent to an activating group) is 1. The number of carbonyl (C=O) groups is 2. The smallest absolute Gasteiger partial charge is 0.253 e. The molecule has 0 radical (unpaired) electrons. The van der Waals surface area contributed by atoms with Crippen LogP contribution in [0.4, 0.5) is 5.69 Å². The van der Waals surface area contributed by atoms with Gasteiger partial charge in [0.05, 0.1) is 12.1 Å². The van der Waals surface area contributed by atoms with Gasteiger partial charge in [-0.3, -0.25) is 9.59 Å². The zero-order valence-corrected chi connectivity index (χ0v) is 15.4. The molecule has 0 unspecified atom stereocenters. The predicted molar refractivity (Wildman–Crippen MR) is 106 cm³/mol. The lowest BCUT2D eigenvalue weighted by Gasteiger charge is -2.22. The van der Waals surface area contributed by atoms with Gasteiger partial charge in [-0.1, -0.05) is 23.6 Å². The lowest BCUT2D eigenvalue weighted by molar-refractivity contribution is -0.130. The monoisotopic (exact) mass is 380 g/mol. The van der Waals surface area contributed by atoms with Crippen molar-refractivity contribution in [2.45, 2.75) is 0 Å². The van der Waals surface area contributed by atoms with E-state index in [1.54, 1.807) is 55.6 Å². The minimum Gasteiger partial charge on any atom is -0.488 e. The van der Waals surface area contributed by atoms with E-state index in [0.717, 1.165) is 5.56 Å². The summed E-state index contributed by atoms with van der Waals surface area (Å²) in [5, 5.41) is 3.29. The van der Waals surface area contributed by atoms with Crippen molar-refractivity contribution >= 4 is 35.2 Å². The number of anilines is 1. The predicted octanol–water partition coefficient (Wildman–Crippen LogP) is 3.19. The van der Waals surface area contributed by atoms with Crippen molar-refractivity contribution in [2.24, 2.45) is 0 Å². The number of nitrogens with zero attached hydrogens (tertiary/aromatic N) is 1. The molecule has 1 heterocycles. The van der Waals surface area contributed by atoms with Crippen LogP contribution in [0.1, 0.15) is 11.1 Å². The van der Waals surface area contributed by atoms with Gasteiger partial charge in [0, 0.05) is 28.9 Å². The van der Waals surface area contributed by atoms with Crippen molar-refractivity contribution in [2.75, 3.05) is 25.5 Å². The Morgan fingerprint density at radius 2 is 2.11 bits per heavy atom. The summed E-state index contributed by atoms with van der Waals surface area (Å²) in [5.74, 6) is 2.58. The van der Waals surface area contributed by atoms with Crippen LogP contribution >= 0.6 is 11.6 Å². The van der Waals surface area contributed by atoms with Gasteiger partial charge in [0.2, 0.25) is 5.91 Å². The van der Waals surface area contributed by atoms with Gasteiger partial charge >= 0.3 is 0 Å². The molecule has 0 aliphatic carbocycles. The highest BCUT2D eigenvalue weighted by Gasteiger charge is 2.22. The Labute approximate surface area is 162 Å². The summed E-state index contributed by atoms with van der Waals surface area (Å²) in [7, 11) is 1.56. The average Bonchev–Trinajstić information content (AvgIpc) is 2.66. The number of halogens is 1. The fourth-order valence-corrected chi connectivity index (χ4v) is 2.87. The number of rotatable bonds is 4. The molecule has 27 heavy (non-hydrogen) atoms. The first-order valence-electron chi connectivity index (χ1n) is 8.21. The summed E-state index contributed by atoms with van der Waals surface area (Å²) >= 11 is 5.99. The number of nitrogens with one attached hydrogen (secondary N) is 1. The molecular formula is C21H17ClN2O3. The summed E-state index contributed by atoms with van der Waals surface area (Å²) in [5.41, 5.74) is 2.44. The third-order valence-electron chi connectivity index (χ3n) is 4.00. The maximum absolute atomic E-state index is 12.6. The van der Waals surface area contributed by atoms with E-state index in [2.05, 4.69) is 11.2 Å². The van der Waals surface area contributed by atoms with E-state index in [1.165, 1.54) is 4.90 Å². The first-order chi connectivity index (χ1) is 13.0. The Balaban J connectivity index is 1.65. The first-order valence-corrected chi connectivity index (χ1v) is 8.59. The number of benzene rings is 2. The van der Waals surface area contributed by atoms with E-state index in [-0.39, 0.29) is 25.0 Å². The Hall–Kier alpha value is -3.23. The normalized spacial score (nSPS) is 12.1. The number of amides is 2. The van der Waals surface area contributed by atoms with E-state index in [1.807, 2.05) is 0 Å². The van der Waals surface area contributed by atoms with Gasteiger partial charge in [-0.05, 0) is 42.5 Å². The lowest BCUT2D eigenvalue weighted by atomic mass is 10.1. The number of hydrogen-bond donors (Lipinski definition) is 1. The van der Waals surface area contributed by atoms with Crippen LogP contribution in [-0.2, 0) is 9.59 Å². The molecule has 0 bridgehead atoms. The van der Waals surface area contributed by atoms with Gasteiger partial charge in [0.15, 0.2) is 0 Å². The Morgan fingerprint density at radius 3 is 2.89 bits per heavy atom. The quantitative estimate of drug-likeness (QED) is 0.829. The fourth-order valence-electron chi connectivity index (χ4n) is 2.69. The highest BCUT2D eigenvalue weighted by Crippen LogP contribution is 2.29. The van der Waals surface area contributed by atoms with Gasteiger partial charge in [-0.15, -0.1) is 6.42 Å². The van der Waals surface area contributed by atoms with Crippen LogP contribution in [-0.4, -0.2) is 36.9 Å². The molecule has 136 valence electrons. The fraction of sp³-hybridized carbons (Fsp3) is 0.143. The molecule has 3 rings (SSSR count). The van der Waals surface area contributed by atoms with E-state index in [9.17, 15) is 9.59 Å². The first kappa shape index (κ1) is 18.6. The van der Waals surface area contributed by atoms with Crippen molar-refractivity contribution in [1.82, 2.24) is 4.90 Å². The van der Waals surface area contributed by atoms with E-state index < -0.39 is 0 Å². The third kappa shape index (κ3) is 4.49. The van der Waals surface area contributed by atoms with Gasteiger partial charge in [-0.25, -0.2) is 0 Å². The number of terminal acetylenes is 1. The molecule has 1 aliphatic rings. The van der Waals surface area contributed by atoms with E-state index >= 15 is 0 Å².